The number of aliphatic carboxylic acids is 1. The van der Waals surface area contributed by atoms with Crippen LogP contribution in [-0.2, 0) is 24.0 Å². The summed E-state index contributed by atoms with van der Waals surface area (Å²) in [5.74, 6) is -2.31. The summed E-state index contributed by atoms with van der Waals surface area (Å²) in [4.78, 5) is 10.8. The Bertz CT molecular complexity index is 1070. The zero-order valence-electron chi connectivity index (χ0n) is 15.7. The highest BCUT2D eigenvalue weighted by molar-refractivity contribution is 5.81. The van der Waals surface area contributed by atoms with Gasteiger partial charge in [-0.1, -0.05) is 6.07 Å². The van der Waals surface area contributed by atoms with E-state index in [-0.39, 0.29) is 29.6 Å². The van der Waals surface area contributed by atoms with Crippen LogP contribution in [0, 0.1) is 19.7 Å². The van der Waals surface area contributed by atoms with Gasteiger partial charge >= 0.3 is 12.1 Å². The van der Waals surface area contributed by atoms with Gasteiger partial charge in [0.1, 0.15) is 23.8 Å². The molecule has 0 bridgehead atoms. The van der Waals surface area contributed by atoms with Crippen LogP contribution < -0.4 is 4.74 Å². The fourth-order valence-corrected chi connectivity index (χ4v) is 3.11. The molecule has 1 aromatic heterocycles. The molecule has 0 aliphatic heterocycles. The van der Waals surface area contributed by atoms with Crippen molar-refractivity contribution in [2.75, 3.05) is 0 Å². The molecular weight excluding hydrogens is 392 g/mol. The van der Waals surface area contributed by atoms with Gasteiger partial charge in [-0.2, -0.15) is 13.2 Å². The first-order valence-electron chi connectivity index (χ1n) is 8.79. The number of hydrogen-bond donors (Lipinski definition) is 1. The van der Waals surface area contributed by atoms with Gasteiger partial charge in [-0.25, -0.2) is 4.39 Å². The largest absolute Gasteiger partial charge is 0.488 e. The Kier molecular flexibility index (Phi) is 5.55. The summed E-state index contributed by atoms with van der Waals surface area (Å²) in [7, 11) is 0. The molecule has 1 N–H and O–H groups in total. The molecule has 0 aliphatic carbocycles. The number of hydrogen-bond acceptors (Lipinski definition) is 3. The Balaban J connectivity index is 1.86. The predicted molar refractivity (Wildman–Crippen MR) is 97.4 cm³/mol. The number of alkyl halides is 3. The fourth-order valence-electron chi connectivity index (χ4n) is 3.11. The van der Waals surface area contributed by atoms with E-state index in [1.54, 1.807) is 19.1 Å². The maximum absolute atomic E-state index is 13.8. The average Bonchev–Trinajstić information content (AvgIpc) is 3.06. The molecule has 0 spiro atoms. The maximum atomic E-state index is 13.8. The summed E-state index contributed by atoms with van der Waals surface area (Å²) in [5.41, 5.74) is 2.58. The highest BCUT2D eigenvalue weighted by Gasteiger charge is 2.35. The minimum Gasteiger partial charge on any atom is -0.488 e. The molecule has 0 saturated heterocycles. The van der Waals surface area contributed by atoms with Gasteiger partial charge in [0.15, 0.2) is 0 Å². The van der Waals surface area contributed by atoms with Gasteiger partial charge in [0, 0.05) is 17.4 Å². The number of halogens is 4. The normalized spacial score (nSPS) is 11.8. The van der Waals surface area contributed by atoms with E-state index in [1.165, 1.54) is 0 Å². The maximum Gasteiger partial charge on any atom is 0.449 e. The van der Waals surface area contributed by atoms with Crippen LogP contribution in [0.2, 0.25) is 0 Å². The van der Waals surface area contributed by atoms with Crippen molar-refractivity contribution in [2.45, 2.75) is 39.5 Å². The monoisotopic (exact) mass is 410 g/mol. The van der Waals surface area contributed by atoms with Crippen LogP contribution in [0.5, 0.6) is 5.75 Å². The van der Waals surface area contributed by atoms with Crippen LogP contribution in [0.25, 0.3) is 11.0 Å². The third-order valence-electron chi connectivity index (χ3n) is 4.78. The van der Waals surface area contributed by atoms with Crippen molar-refractivity contribution in [3.05, 3.63) is 64.2 Å². The van der Waals surface area contributed by atoms with E-state index in [4.69, 9.17) is 14.3 Å². The number of carboxylic acid groups (broad SMARTS) is 1. The molecule has 0 radical (unpaired) electrons. The van der Waals surface area contributed by atoms with Gasteiger partial charge in [-0.15, -0.1) is 0 Å². The molecule has 4 nitrogen and oxygen atoms in total. The van der Waals surface area contributed by atoms with Gasteiger partial charge in [0.25, 0.3) is 0 Å². The molecule has 1 heterocycles. The SMILES string of the molecule is Cc1c(CCC(=O)O)ccc(OCc2cc(F)cc3cc(C(F)(F)F)oc23)c1C. The molecule has 0 amide bonds. The third kappa shape index (κ3) is 4.52. The number of fused-ring (bicyclic) bond motifs is 1. The highest BCUT2D eigenvalue weighted by Crippen LogP contribution is 2.36. The second-order valence-electron chi connectivity index (χ2n) is 6.75. The number of carbonyl (C=O) groups is 1. The van der Waals surface area contributed by atoms with Crippen molar-refractivity contribution in [1.29, 1.82) is 0 Å². The Morgan fingerprint density at radius 2 is 1.83 bits per heavy atom. The number of carboxylic acids is 1. The molecule has 0 fully saturated rings. The van der Waals surface area contributed by atoms with E-state index in [1.807, 2.05) is 6.92 Å². The lowest BCUT2D eigenvalue weighted by atomic mass is 9.99. The van der Waals surface area contributed by atoms with Crippen molar-refractivity contribution in [3.8, 4) is 5.75 Å². The van der Waals surface area contributed by atoms with Crippen molar-refractivity contribution in [1.82, 2.24) is 0 Å². The summed E-state index contributed by atoms with van der Waals surface area (Å²) in [6.07, 6.45) is -4.30. The number of aryl methyl sites for hydroxylation is 1. The Morgan fingerprint density at radius 3 is 2.48 bits per heavy atom. The van der Waals surface area contributed by atoms with Crippen molar-refractivity contribution in [2.24, 2.45) is 0 Å². The molecule has 3 aromatic rings. The summed E-state index contributed by atoms with van der Waals surface area (Å²) in [5, 5.41) is 8.83. The van der Waals surface area contributed by atoms with E-state index in [0.29, 0.717) is 12.2 Å². The molecular formula is C21H18F4O4. The quantitative estimate of drug-likeness (QED) is 0.522. The first-order valence-corrected chi connectivity index (χ1v) is 8.79. The number of benzene rings is 2. The lowest BCUT2D eigenvalue weighted by molar-refractivity contribution is -0.152. The average molecular weight is 410 g/mol. The second-order valence-corrected chi connectivity index (χ2v) is 6.75. The summed E-state index contributed by atoms with van der Waals surface area (Å²) in [6, 6.07) is 6.23. The topological polar surface area (TPSA) is 59.7 Å². The molecule has 0 unspecified atom stereocenters. The zero-order valence-corrected chi connectivity index (χ0v) is 15.7. The van der Waals surface area contributed by atoms with Gasteiger partial charge in [-0.05, 0) is 61.2 Å². The van der Waals surface area contributed by atoms with Crippen molar-refractivity contribution < 1.29 is 36.6 Å². The van der Waals surface area contributed by atoms with Gasteiger partial charge in [0.05, 0.1) is 0 Å². The Morgan fingerprint density at radius 1 is 1.10 bits per heavy atom. The zero-order chi connectivity index (χ0) is 21.3. The van der Waals surface area contributed by atoms with E-state index < -0.39 is 23.7 Å². The minimum atomic E-state index is -4.67. The van der Waals surface area contributed by atoms with Crippen LogP contribution in [0.15, 0.2) is 34.7 Å². The lowest BCUT2D eigenvalue weighted by Gasteiger charge is -2.14. The smallest absolute Gasteiger partial charge is 0.449 e. The molecule has 8 heteroatoms. The molecule has 29 heavy (non-hydrogen) atoms. The van der Waals surface area contributed by atoms with Crippen LogP contribution in [0.3, 0.4) is 0 Å². The van der Waals surface area contributed by atoms with Gasteiger partial charge in [-0.3, -0.25) is 4.79 Å². The summed E-state index contributed by atoms with van der Waals surface area (Å²) in [6.45, 7) is 3.44. The Labute approximate surface area is 163 Å². The summed E-state index contributed by atoms with van der Waals surface area (Å²) < 4.78 is 63.2. The number of ether oxygens (including phenoxy) is 1. The molecule has 0 atom stereocenters. The molecule has 154 valence electrons. The van der Waals surface area contributed by atoms with Crippen LogP contribution in [-0.4, -0.2) is 11.1 Å². The van der Waals surface area contributed by atoms with Crippen LogP contribution >= 0.6 is 0 Å². The van der Waals surface area contributed by atoms with Crippen molar-refractivity contribution >= 4 is 16.9 Å². The van der Waals surface area contributed by atoms with Crippen molar-refractivity contribution in [3.63, 3.8) is 0 Å². The number of furan rings is 1. The van der Waals surface area contributed by atoms with E-state index in [2.05, 4.69) is 0 Å². The number of rotatable bonds is 6. The van der Waals surface area contributed by atoms with Crippen LogP contribution in [0.1, 0.15) is 34.4 Å². The van der Waals surface area contributed by atoms with Crippen LogP contribution in [0.4, 0.5) is 17.6 Å². The molecule has 2 aromatic carbocycles. The van der Waals surface area contributed by atoms with Gasteiger partial charge < -0.3 is 14.3 Å². The van der Waals surface area contributed by atoms with E-state index >= 15 is 0 Å². The predicted octanol–water partition coefficient (Wildman–Crippen LogP) is 5.80. The van der Waals surface area contributed by atoms with Gasteiger partial charge in [0.2, 0.25) is 5.76 Å². The standard InChI is InChI=1S/C21H18F4O4/c1-11-12(2)17(5-3-13(11)4-6-19(26)27)28-10-15-8-16(22)7-14-9-18(21(23,24)25)29-20(14)15/h3,5,7-9H,4,6,10H2,1-2H3,(H,26,27). The second kappa shape index (κ2) is 7.77. The highest BCUT2D eigenvalue weighted by atomic mass is 19.4. The fraction of sp³-hybridized carbons (Fsp3) is 0.286. The Hall–Kier alpha value is -3.03. The first-order chi connectivity index (χ1) is 13.6. The third-order valence-corrected chi connectivity index (χ3v) is 4.78. The summed E-state index contributed by atoms with van der Waals surface area (Å²) >= 11 is 0. The first kappa shape index (κ1) is 20.7. The lowest BCUT2D eigenvalue weighted by Crippen LogP contribution is -2.03. The molecule has 0 saturated carbocycles. The van der Waals surface area contributed by atoms with E-state index in [9.17, 15) is 22.4 Å². The minimum absolute atomic E-state index is 0.00178. The van der Waals surface area contributed by atoms with E-state index in [0.717, 1.165) is 34.9 Å². The molecule has 3 rings (SSSR count). The molecule has 0 aliphatic rings.